The van der Waals surface area contributed by atoms with Crippen LogP contribution in [0.5, 0.6) is 0 Å². The van der Waals surface area contributed by atoms with E-state index < -0.39 is 12.0 Å². The van der Waals surface area contributed by atoms with Gasteiger partial charge in [-0.3, -0.25) is 4.79 Å². The Balaban J connectivity index is 2.31. The Labute approximate surface area is 96.5 Å². The largest absolute Gasteiger partial charge is 0.480 e. The Morgan fingerprint density at radius 3 is 2.62 bits per heavy atom. The molecule has 0 aliphatic heterocycles. The molecule has 0 aliphatic carbocycles. The second-order valence-corrected chi connectivity index (χ2v) is 3.87. The van der Waals surface area contributed by atoms with Gasteiger partial charge in [-0.15, -0.1) is 0 Å². The lowest BCUT2D eigenvalue weighted by molar-refractivity contribution is -0.139. The summed E-state index contributed by atoms with van der Waals surface area (Å²) in [5.74, 6) is -0.755. The number of carbonyl (C=O) groups is 1. The summed E-state index contributed by atoms with van der Waals surface area (Å²) >= 11 is 0. The van der Waals surface area contributed by atoms with Crippen molar-refractivity contribution in [3.63, 3.8) is 0 Å². The molecule has 0 heterocycles. The zero-order chi connectivity index (χ0) is 11.8. The number of benzene rings is 1. The van der Waals surface area contributed by atoms with Crippen LogP contribution in [0.25, 0.3) is 0 Å². The summed E-state index contributed by atoms with van der Waals surface area (Å²) in [5, 5.41) is 12.0. The van der Waals surface area contributed by atoms with Crippen molar-refractivity contribution in [2.24, 2.45) is 0 Å². The van der Waals surface area contributed by atoms with Crippen molar-refractivity contribution in [3.8, 4) is 0 Å². The molecule has 3 nitrogen and oxygen atoms in total. The molecule has 1 unspecified atom stereocenters. The van der Waals surface area contributed by atoms with Gasteiger partial charge in [0.15, 0.2) is 0 Å². The first-order chi connectivity index (χ1) is 7.74. The first-order valence-electron chi connectivity index (χ1n) is 5.74. The van der Waals surface area contributed by atoms with Crippen molar-refractivity contribution < 1.29 is 9.90 Å². The van der Waals surface area contributed by atoms with Gasteiger partial charge in [-0.05, 0) is 24.9 Å². The fourth-order valence-electron chi connectivity index (χ4n) is 1.64. The average Bonchev–Trinajstić information content (AvgIpc) is 2.29. The molecule has 88 valence electrons. The SMILES string of the molecule is CCCC(NCCc1ccccc1)C(=O)O. The fraction of sp³-hybridized carbons (Fsp3) is 0.462. The van der Waals surface area contributed by atoms with Crippen LogP contribution in [0.15, 0.2) is 30.3 Å². The van der Waals surface area contributed by atoms with Gasteiger partial charge >= 0.3 is 5.97 Å². The molecule has 1 atom stereocenters. The maximum atomic E-state index is 10.9. The summed E-state index contributed by atoms with van der Waals surface area (Å²) in [5.41, 5.74) is 1.23. The highest BCUT2D eigenvalue weighted by Crippen LogP contribution is 2.00. The molecule has 3 heteroatoms. The summed E-state index contributed by atoms with van der Waals surface area (Å²) < 4.78 is 0. The van der Waals surface area contributed by atoms with Crippen LogP contribution in [0.3, 0.4) is 0 Å². The van der Waals surface area contributed by atoms with E-state index in [2.05, 4.69) is 17.4 Å². The monoisotopic (exact) mass is 221 g/mol. The van der Waals surface area contributed by atoms with Crippen molar-refractivity contribution in [2.75, 3.05) is 6.54 Å². The topological polar surface area (TPSA) is 49.3 Å². The van der Waals surface area contributed by atoms with Gasteiger partial charge in [0.2, 0.25) is 0 Å². The van der Waals surface area contributed by atoms with Crippen molar-refractivity contribution in [2.45, 2.75) is 32.2 Å². The van der Waals surface area contributed by atoms with Crippen LogP contribution in [0.4, 0.5) is 0 Å². The Hall–Kier alpha value is -1.35. The van der Waals surface area contributed by atoms with Gasteiger partial charge in [-0.1, -0.05) is 43.7 Å². The van der Waals surface area contributed by atoms with Gasteiger partial charge in [0.05, 0.1) is 0 Å². The quantitative estimate of drug-likeness (QED) is 0.741. The van der Waals surface area contributed by atoms with Crippen LogP contribution in [-0.4, -0.2) is 23.7 Å². The van der Waals surface area contributed by atoms with E-state index in [1.54, 1.807) is 0 Å². The predicted molar refractivity (Wildman–Crippen MR) is 64.5 cm³/mol. The van der Waals surface area contributed by atoms with E-state index in [4.69, 9.17) is 5.11 Å². The molecule has 0 amide bonds. The molecular formula is C13H19NO2. The lowest BCUT2D eigenvalue weighted by Crippen LogP contribution is -2.37. The maximum Gasteiger partial charge on any atom is 0.320 e. The molecule has 1 aromatic rings. The molecule has 0 aliphatic rings. The number of hydrogen-bond acceptors (Lipinski definition) is 2. The normalized spacial score (nSPS) is 12.3. The average molecular weight is 221 g/mol. The maximum absolute atomic E-state index is 10.9. The first kappa shape index (κ1) is 12.7. The van der Waals surface area contributed by atoms with Crippen LogP contribution in [0.2, 0.25) is 0 Å². The lowest BCUT2D eigenvalue weighted by Gasteiger charge is -2.13. The number of carboxylic acid groups (broad SMARTS) is 1. The third-order valence-electron chi connectivity index (χ3n) is 2.52. The Morgan fingerprint density at radius 2 is 2.06 bits per heavy atom. The van der Waals surface area contributed by atoms with Gasteiger partial charge < -0.3 is 10.4 Å². The standard InChI is InChI=1S/C13H19NO2/c1-2-6-12(13(15)16)14-10-9-11-7-4-3-5-8-11/h3-5,7-8,12,14H,2,6,9-10H2,1H3,(H,15,16). The minimum atomic E-state index is -0.755. The van der Waals surface area contributed by atoms with Crippen molar-refractivity contribution in [1.29, 1.82) is 0 Å². The van der Waals surface area contributed by atoms with Gasteiger partial charge in [0.1, 0.15) is 6.04 Å². The van der Waals surface area contributed by atoms with E-state index in [0.717, 1.165) is 12.8 Å². The van der Waals surface area contributed by atoms with Crippen molar-refractivity contribution >= 4 is 5.97 Å². The number of carboxylic acids is 1. The zero-order valence-corrected chi connectivity index (χ0v) is 9.65. The molecule has 0 spiro atoms. The highest BCUT2D eigenvalue weighted by atomic mass is 16.4. The minimum Gasteiger partial charge on any atom is -0.480 e. The van der Waals surface area contributed by atoms with Crippen LogP contribution in [0.1, 0.15) is 25.3 Å². The Kier molecular flexibility index (Phi) is 5.57. The van der Waals surface area contributed by atoms with E-state index in [0.29, 0.717) is 13.0 Å². The number of rotatable bonds is 7. The molecule has 1 aromatic carbocycles. The second-order valence-electron chi connectivity index (χ2n) is 3.87. The molecule has 0 bridgehead atoms. The molecule has 0 saturated heterocycles. The van der Waals surface area contributed by atoms with Crippen LogP contribution in [-0.2, 0) is 11.2 Å². The molecule has 0 aromatic heterocycles. The van der Waals surface area contributed by atoms with Gasteiger partial charge in [0.25, 0.3) is 0 Å². The highest BCUT2D eigenvalue weighted by molar-refractivity contribution is 5.73. The number of nitrogens with one attached hydrogen (secondary N) is 1. The third kappa shape index (κ3) is 4.45. The molecule has 2 N–H and O–H groups in total. The predicted octanol–water partition coefficient (Wildman–Crippen LogP) is 2.07. The van der Waals surface area contributed by atoms with E-state index >= 15 is 0 Å². The first-order valence-corrected chi connectivity index (χ1v) is 5.74. The molecular weight excluding hydrogens is 202 g/mol. The summed E-state index contributed by atoms with van der Waals surface area (Å²) in [6, 6.07) is 9.67. The Bertz CT molecular complexity index is 311. The second kappa shape index (κ2) is 7.01. The van der Waals surface area contributed by atoms with E-state index in [1.807, 2.05) is 25.1 Å². The van der Waals surface area contributed by atoms with Crippen LogP contribution in [0, 0.1) is 0 Å². The molecule has 0 fully saturated rings. The van der Waals surface area contributed by atoms with E-state index in [9.17, 15) is 4.79 Å². The lowest BCUT2D eigenvalue weighted by atomic mass is 10.1. The molecule has 0 saturated carbocycles. The molecule has 1 rings (SSSR count). The van der Waals surface area contributed by atoms with E-state index in [-0.39, 0.29) is 0 Å². The number of aliphatic carboxylic acids is 1. The van der Waals surface area contributed by atoms with Gasteiger partial charge in [0, 0.05) is 0 Å². The van der Waals surface area contributed by atoms with Crippen LogP contribution >= 0.6 is 0 Å². The highest BCUT2D eigenvalue weighted by Gasteiger charge is 2.14. The third-order valence-corrected chi connectivity index (χ3v) is 2.52. The summed E-state index contributed by atoms with van der Waals surface area (Å²) in [4.78, 5) is 10.9. The minimum absolute atomic E-state index is 0.409. The van der Waals surface area contributed by atoms with Crippen molar-refractivity contribution in [1.82, 2.24) is 5.32 Å². The molecule has 16 heavy (non-hydrogen) atoms. The van der Waals surface area contributed by atoms with Crippen LogP contribution < -0.4 is 5.32 Å². The zero-order valence-electron chi connectivity index (χ0n) is 9.65. The molecule has 0 radical (unpaired) electrons. The number of hydrogen-bond donors (Lipinski definition) is 2. The van der Waals surface area contributed by atoms with Gasteiger partial charge in [-0.2, -0.15) is 0 Å². The smallest absolute Gasteiger partial charge is 0.320 e. The van der Waals surface area contributed by atoms with Gasteiger partial charge in [-0.25, -0.2) is 0 Å². The van der Waals surface area contributed by atoms with E-state index in [1.165, 1.54) is 5.56 Å². The van der Waals surface area contributed by atoms with Crippen molar-refractivity contribution in [3.05, 3.63) is 35.9 Å². The summed E-state index contributed by atoms with van der Waals surface area (Å²) in [6.45, 7) is 2.70. The Morgan fingerprint density at radius 1 is 1.38 bits per heavy atom. The summed E-state index contributed by atoms with van der Waals surface area (Å²) in [6.07, 6.45) is 2.44. The summed E-state index contributed by atoms with van der Waals surface area (Å²) in [7, 11) is 0. The fourth-order valence-corrected chi connectivity index (χ4v) is 1.64.